The highest BCUT2D eigenvalue weighted by Gasteiger charge is 2.40. The van der Waals surface area contributed by atoms with Crippen LogP contribution in [0.15, 0.2) is 47.5 Å². The molecular formula is C17H19N3O2. The minimum Gasteiger partial charge on any atom is -0.472 e. The number of hydrogen-bond donors (Lipinski definition) is 0. The summed E-state index contributed by atoms with van der Waals surface area (Å²) in [6.07, 6.45) is 7.99. The van der Waals surface area contributed by atoms with E-state index < -0.39 is 0 Å². The van der Waals surface area contributed by atoms with Gasteiger partial charge >= 0.3 is 0 Å². The first-order chi connectivity index (χ1) is 10.8. The number of hydrogen-bond acceptors (Lipinski definition) is 4. The molecule has 2 atom stereocenters. The SMILES string of the molecule is O=C(c1cccnc1)N1C[C@H]2C[C@H]1CN(Cc1ccoc1)C2. The van der Waals surface area contributed by atoms with Gasteiger partial charge in [0.1, 0.15) is 0 Å². The summed E-state index contributed by atoms with van der Waals surface area (Å²) < 4.78 is 5.14. The van der Waals surface area contributed by atoms with E-state index in [-0.39, 0.29) is 5.91 Å². The summed E-state index contributed by atoms with van der Waals surface area (Å²) in [4.78, 5) is 21.2. The van der Waals surface area contributed by atoms with Crippen LogP contribution in [-0.2, 0) is 6.54 Å². The quantitative estimate of drug-likeness (QED) is 0.869. The Kier molecular flexibility index (Phi) is 3.42. The number of carbonyl (C=O) groups excluding carboxylic acids is 1. The van der Waals surface area contributed by atoms with Gasteiger partial charge in [-0.05, 0) is 30.5 Å². The number of piperidine rings is 1. The van der Waals surface area contributed by atoms with E-state index in [1.807, 2.05) is 23.1 Å². The molecule has 0 spiro atoms. The minimum atomic E-state index is 0.116. The molecule has 2 aromatic heterocycles. The fourth-order valence-corrected chi connectivity index (χ4v) is 3.73. The smallest absolute Gasteiger partial charge is 0.255 e. The maximum atomic E-state index is 12.7. The number of furan rings is 1. The molecular weight excluding hydrogens is 278 g/mol. The third kappa shape index (κ3) is 2.52. The lowest BCUT2D eigenvalue weighted by Gasteiger charge is -2.32. The molecule has 4 rings (SSSR count). The van der Waals surface area contributed by atoms with Crippen LogP contribution in [0.1, 0.15) is 22.3 Å². The second-order valence-electron chi connectivity index (χ2n) is 6.28. The van der Waals surface area contributed by atoms with Crippen LogP contribution in [0.25, 0.3) is 0 Å². The largest absolute Gasteiger partial charge is 0.472 e. The molecule has 2 aliphatic heterocycles. The second kappa shape index (κ2) is 5.57. The van der Waals surface area contributed by atoms with Gasteiger partial charge in [-0.2, -0.15) is 0 Å². The summed E-state index contributed by atoms with van der Waals surface area (Å²) in [6, 6.07) is 6.00. The molecule has 4 heterocycles. The van der Waals surface area contributed by atoms with Crippen molar-refractivity contribution >= 4 is 5.91 Å². The molecule has 0 aromatic carbocycles. The molecule has 2 fully saturated rings. The van der Waals surface area contributed by atoms with Gasteiger partial charge in [0.25, 0.3) is 5.91 Å². The van der Waals surface area contributed by atoms with Gasteiger partial charge in [-0.3, -0.25) is 14.7 Å². The lowest BCUT2D eigenvalue weighted by molar-refractivity contribution is 0.0711. The zero-order valence-corrected chi connectivity index (χ0v) is 12.4. The molecule has 2 aromatic rings. The first-order valence-corrected chi connectivity index (χ1v) is 7.74. The molecule has 2 aliphatic rings. The Balaban J connectivity index is 1.46. The predicted octanol–water partition coefficient (Wildman–Crippen LogP) is 2.02. The monoisotopic (exact) mass is 297 g/mol. The van der Waals surface area contributed by atoms with E-state index in [1.165, 1.54) is 5.56 Å². The fraction of sp³-hybridized carbons (Fsp3) is 0.412. The molecule has 0 N–H and O–H groups in total. The first kappa shape index (κ1) is 13.5. The number of rotatable bonds is 3. The maximum absolute atomic E-state index is 12.7. The number of amides is 1. The lowest BCUT2D eigenvalue weighted by Crippen LogP contribution is -2.43. The van der Waals surface area contributed by atoms with Crippen LogP contribution in [0.5, 0.6) is 0 Å². The summed E-state index contributed by atoms with van der Waals surface area (Å²) in [5.74, 6) is 0.692. The number of fused-ring (bicyclic) bond motifs is 2. The highest BCUT2D eigenvalue weighted by Crippen LogP contribution is 2.31. The molecule has 114 valence electrons. The van der Waals surface area contributed by atoms with Crippen molar-refractivity contribution in [1.82, 2.24) is 14.8 Å². The van der Waals surface area contributed by atoms with Crippen LogP contribution < -0.4 is 0 Å². The number of nitrogens with zero attached hydrogens (tertiary/aromatic N) is 3. The zero-order chi connectivity index (χ0) is 14.9. The van der Waals surface area contributed by atoms with Crippen molar-refractivity contribution in [1.29, 1.82) is 0 Å². The molecule has 5 nitrogen and oxygen atoms in total. The highest BCUT2D eigenvalue weighted by molar-refractivity contribution is 5.94. The van der Waals surface area contributed by atoms with Crippen LogP contribution in [0, 0.1) is 5.92 Å². The number of carbonyl (C=O) groups is 1. The Morgan fingerprint density at radius 2 is 2.27 bits per heavy atom. The van der Waals surface area contributed by atoms with Gasteiger partial charge in [0.15, 0.2) is 0 Å². The maximum Gasteiger partial charge on any atom is 0.255 e. The van der Waals surface area contributed by atoms with Crippen molar-refractivity contribution in [3.63, 3.8) is 0 Å². The number of aromatic nitrogens is 1. The molecule has 0 unspecified atom stereocenters. The predicted molar refractivity (Wildman–Crippen MR) is 81.2 cm³/mol. The van der Waals surface area contributed by atoms with E-state index in [0.29, 0.717) is 17.5 Å². The number of likely N-dealkylation sites (tertiary alicyclic amines) is 2. The Morgan fingerprint density at radius 3 is 3.05 bits per heavy atom. The highest BCUT2D eigenvalue weighted by atomic mass is 16.3. The van der Waals surface area contributed by atoms with E-state index in [2.05, 4.69) is 9.88 Å². The fourth-order valence-electron chi connectivity index (χ4n) is 3.73. The Morgan fingerprint density at radius 1 is 1.32 bits per heavy atom. The van der Waals surface area contributed by atoms with Gasteiger partial charge < -0.3 is 9.32 Å². The third-order valence-electron chi connectivity index (χ3n) is 4.64. The summed E-state index contributed by atoms with van der Waals surface area (Å²) in [5, 5.41) is 0. The van der Waals surface area contributed by atoms with Crippen LogP contribution in [0.3, 0.4) is 0 Å². The minimum absolute atomic E-state index is 0.116. The Hall–Kier alpha value is -2.14. The third-order valence-corrected chi connectivity index (χ3v) is 4.64. The van der Waals surface area contributed by atoms with Crippen LogP contribution in [-0.4, -0.2) is 46.4 Å². The summed E-state index contributed by atoms with van der Waals surface area (Å²) >= 11 is 0. The molecule has 2 bridgehead atoms. The van der Waals surface area contributed by atoms with Crippen molar-refractivity contribution in [2.75, 3.05) is 19.6 Å². The number of pyridine rings is 1. The normalized spacial score (nSPS) is 24.6. The molecule has 0 radical (unpaired) electrons. The van der Waals surface area contributed by atoms with Gasteiger partial charge in [-0.25, -0.2) is 0 Å². The van der Waals surface area contributed by atoms with Crippen molar-refractivity contribution < 1.29 is 9.21 Å². The summed E-state index contributed by atoms with van der Waals surface area (Å²) in [5.41, 5.74) is 1.89. The van der Waals surface area contributed by atoms with E-state index in [1.54, 1.807) is 24.9 Å². The average molecular weight is 297 g/mol. The van der Waals surface area contributed by atoms with Crippen molar-refractivity contribution in [2.45, 2.75) is 19.0 Å². The topological polar surface area (TPSA) is 49.6 Å². The molecule has 22 heavy (non-hydrogen) atoms. The molecule has 5 heteroatoms. The van der Waals surface area contributed by atoms with Crippen LogP contribution >= 0.6 is 0 Å². The summed E-state index contributed by atoms with van der Waals surface area (Å²) in [6.45, 7) is 3.75. The van der Waals surface area contributed by atoms with Gasteiger partial charge in [0.05, 0.1) is 18.1 Å². The van der Waals surface area contributed by atoms with Crippen molar-refractivity contribution in [3.8, 4) is 0 Å². The van der Waals surface area contributed by atoms with E-state index in [4.69, 9.17) is 4.42 Å². The standard InChI is InChI=1S/C17H19N3O2/c21-17(15-2-1-4-18-7-15)20-10-14-6-16(20)11-19(9-14)8-13-3-5-22-12-13/h1-5,7,12,14,16H,6,8-11H2/t14-,16-/m0/s1. The van der Waals surface area contributed by atoms with E-state index in [0.717, 1.165) is 32.6 Å². The van der Waals surface area contributed by atoms with Crippen LogP contribution in [0.4, 0.5) is 0 Å². The molecule has 0 aliphatic carbocycles. The van der Waals surface area contributed by atoms with E-state index in [9.17, 15) is 4.79 Å². The molecule has 0 saturated carbocycles. The first-order valence-electron chi connectivity index (χ1n) is 7.74. The Labute approximate surface area is 129 Å². The average Bonchev–Trinajstić information content (AvgIpc) is 3.15. The van der Waals surface area contributed by atoms with Gasteiger partial charge in [0, 0.05) is 50.2 Å². The van der Waals surface area contributed by atoms with Gasteiger partial charge in [0.2, 0.25) is 0 Å². The van der Waals surface area contributed by atoms with Crippen molar-refractivity contribution in [2.24, 2.45) is 5.92 Å². The lowest BCUT2D eigenvalue weighted by atomic mass is 9.99. The van der Waals surface area contributed by atoms with Gasteiger partial charge in [-0.15, -0.1) is 0 Å². The van der Waals surface area contributed by atoms with Crippen molar-refractivity contribution in [3.05, 3.63) is 54.2 Å². The Bertz CT molecular complexity index is 641. The van der Waals surface area contributed by atoms with E-state index >= 15 is 0 Å². The molecule has 1 amide bonds. The molecule has 2 saturated heterocycles. The summed E-state index contributed by atoms with van der Waals surface area (Å²) in [7, 11) is 0. The van der Waals surface area contributed by atoms with Gasteiger partial charge in [-0.1, -0.05) is 0 Å². The zero-order valence-electron chi connectivity index (χ0n) is 12.4. The second-order valence-corrected chi connectivity index (χ2v) is 6.28. The van der Waals surface area contributed by atoms with Crippen LogP contribution in [0.2, 0.25) is 0 Å².